The second kappa shape index (κ2) is 6.01. The van der Waals surface area contributed by atoms with Crippen molar-refractivity contribution in [2.75, 3.05) is 5.32 Å². The molecule has 4 aromatic rings. The van der Waals surface area contributed by atoms with E-state index in [4.69, 9.17) is 0 Å². The number of fused-ring (bicyclic) bond motifs is 3. The molecule has 0 spiro atoms. The third-order valence-corrected chi connectivity index (χ3v) is 5.49. The maximum atomic E-state index is 12.7. The van der Waals surface area contributed by atoms with Crippen LogP contribution in [-0.2, 0) is 11.3 Å². The molecule has 0 aliphatic rings. The van der Waals surface area contributed by atoms with Crippen molar-refractivity contribution in [3.63, 3.8) is 0 Å². The molecule has 0 atom stereocenters. The maximum absolute atomic E-state index is 12.7. The number of carbonyl (C=O) groups is 1. The summed E-state index contributed by atoms with van der Waals surface area (Å²) in [5.41, 5.74) is 2.35. The zero-order chi connectivity index (χ0) is 17.6. The van der Waals surface area contributed by atoms with E-state index in [0.717, 1.165) is 21.5 Å². The highest BCUT2D eigenvalue weighted by molar-refractivity contribution is 7.25. The molecule has 0 aliphatic heterocycles. The molecular weight excluding hydrogens is 358 g/mol. The van der Waals surface area contributed by atoms with Crippen molar-refractivity contribution in [3.05, 3.63) is 45.6 Å². The Balaban J connectivity index is 1.75. The molecule has 126 valence electrons. The summed E-state index contributed by atoms with van der Waals surface area (Å²) < 4.78 is 1.82. The molecular formula is C16H13N5O2S2. The van der Waals surface area contributed by atoms with Gasteiger partial charge in [0, 0.05) is 22.7 Å². The van der Waals surface area contributed by atoms with Gasteiger partial charge in [-0.25, -0.2) is 15.0 Å². The first kappa shape index (κ1) is 15.9. The van der Waals surface area contributed by atoms with Crippen molar-refractivity contribution in [2.24, 2.45) is 0 Å². The molecule has 0 unspecified atom stereocenters. The Morgan fingerprint density at radius 2 is 2.16 bits per heavy atom. The Morgan fingerprint density at radius 3 is 2.92 bits per heavy atom. The van der Waals surface area contributed by atoms with Gasteiger partial charge in [0.15, 0.2) is 5.13 Å². The summed E-state index contributed by atoms with van der Waals surface area (Å²) in [6.45, 7) is 3.80. The molecule has 0 radical (unpaired) electrons. The van der Waals surface area contributed by atoms with E-state index in [-0.39, 0.29) is 18.0 Å². The first-order valence-corrected chi connectivity index (χ1v) is 9.18. The Kier molecular flexibility index (Phi) is 3.81. The van der Waals surface area contributed by atoms with Gasteiger partial charge in [-0.15, -0.1) is 22.7 Å². The summed E-state index contributed by atoms with van der Waals surface area (Å²) in [7, 11) is 0. The van der Waals surface area contributed by atoms with Crippen molar-refractivity contribution in [2.45, 2.75) is 20.4 Å². The van der Waals surface area contributed by atoms with E-state index in [1.54, 1.807) is 11.6 Å². The maximum Gasteiger partial charge on any atom is 0.271 e. The lowest BCUT2D eigenvalue weighted by Gasteiger charge is -2.05. The molecule has 1 N–H and O–H groups in total. The molecule has 1 amide bonds. The second-order valence-corrected chi connectivity index (χ2v) is 7.50. The number of anilines is 1. The lowest BCUT2D eigenvalue weighted by molar-refractivity contribution is -0.116. The molecule has 25 heavy (non-hydrogen) atoms. The molecule has 9 heteroatoms. The Bertz CT molecular complexity index is 1160. The number of rotatable bonds is 3. The van der Waals surface area contributed by atoms with E-state index in [1.165, 1.54) is 33.6 Å². The van der Waals surface area contributed by atoms with E-state index >= 15 is 0 Å². The molecule has 7 nitrogen and oxygen atoms in total. The van der Waals surface area contributed by atoms with Gasteiger partial charge in [0.25, 0.3) is 5.56 Å². The minimum atomic E-state index is -0.315. The van der Waals surface area contributed by atoms with Gasteiger partial charge in [-0.05, 0) is 25.5 Å². The third-order valence-electron chi connectivity index (χ3n) is 3.74. The molecule has 0 saturated carbocycles. The van der Waals surface area contributed by atoms with Gasteiger partial charge in [0.05, 0.1) is 11.8 Å². The third kappa shape index (κ3) is 2.81. The number of nitrogens with one attached hydrogen (secondary N) is 1. The number of pyridine rings is 1. The molecule has 0 bridgehead atoms. The predicted octanol–water partition coefficient (Wildman–Crippen LogP) is 2.72. The number of nitrogens with zero attached hydrogens (tertiary/aromatic N) is 4. The Hall–Kier alpha value is -2.65. The fraction of sp³-hybridized carbons (Fsp3) is 0.188. The van der Waals surface area contributed by atoms with E-state index in [2.05, 4.69) is 20.3 Å². The monoisotopic (exact) mass is 371 g/mol. The van der Waals surface area contributed by atoms with Crippen molar-refractivity contribution < 1.29 is 4.79 Å². The average Bonchev–Trinajstić information content (AvgIpc) is 3.17. The molecule has 0 aliphatic carbocycles. The summed E-state index contributed by atoms with van der Waals surface area (Å²) in [6, 6.07) is 1.98. The van der Waals surface area contributed by atoms with E-state index in [1.807, 2.05) is 19.9 Å². The average molecular weight is 371 g/mol. The lowest BCUT2D eigenvalue weighted by atomic mass is 10.1. The van der Waals surface area contributed by atoms with Crippen LogP contribution in [0.5, 0.6) is 0 Å². The minimum Gasteiger partial charge on any atom is -0.300 e. The molecule has 4 heterocycles. The van der Waals surface area contributed by atoms with Crippen LogP contribution in [-0.4, -0.2) is 25.4 Å². The summed E-state index contributed by atoms with van der Waals surface area (Å²) in [4.78, 5) is 38.5. The SMILES string of the molecule is Cc1cc(C)c2c(n1)sc1c(=O)n(CC(=O)Nc3nccs3)cnc12. The number of thiazole rings is 1. The van der Waals surface area contributed by atoms with E-state index < -0.39 is 0 Å². The van der Waals surface area contributed by atoms with Crippen molar-refractivity contribution in [1.82, 2.24) is 19.5 Å². The highest BCUT2D eigenvalue weighted by Crippen LogP contribution is 2.31. The predicted molar refractivity (Wildman–Crippen MR) is 99.4 cm³/mol. The van der Waals surface area contributed by atoms with E-state index in [0.29, 0.717) is 15.3 Å². The first-order valence-electron chi connectivity index (χ1n) is 7.48. The zero-order valence-electron chi connectivity index (χ0n) is 13.4. The standard InChI is InChI=1S/C16H13N5O2S2/c1-8-5-9(2)19-14-11(8)12-13(25-14)15(23)21(7-18-12)6-10(22)20-16-17-3-4-24-16/h3-5,7H,6H2,1-2H3,(H,17,20,22). The van der Waals surface area contributed by atoms with Crippen LogP contribution < -0.4 is 10.9 Å². The smallest absolute Gasteiger partial charge is 0.271 e. The van der Waals surface area contributed by atoms with Crippen LogP contribution in [0, 0.1) is 13.8 Å². The number of hydrogen-bond donors (Lipinski definition) is 1. The molecule has 4 aromatic heterocycles. The second-order valence-electron chi connectivity index (χ2n) is 5.60. The number of hydrogen-bond acceptors (Lipinski definition) is 7. The van der Waals surface area contributed by atoms with Gasteiger partial charge in [-0.1, -0.05) is 0 Å². The van der Waals surface area contributed by atoms with Gasteiger partial charge in [-0.3, -0.25) is 14.2 Å². The number of amides is 1. The zero-order valence-corrected chi connectivity index (χ0v) is 15.1. The summed E-state index contributed by atoms with van der Waals surface area (Å²) in [6.07, 6.45) is 3.02. The number of carbonyl (C=O) groups excluding carboxylic acids is 1. The Morgan fingerprint density at radius 1 is 1.32 bits per heavy atom. The van der Waals surface area contributed by atoms with Gasteiger partial charge in [0.1, 0.15) is 16.1 Å². The Labute approximate surface area is 150 Å². The summed E-state index contributed by atoms with van der Waals surface area (Å²) >= 11 is 2.64. The van der Waals surface area contributed by atoms with Gasteiger partial charge >= 0.3 is 0 Å². The molecule has 0 saturated heterocycles. The lowest BCUT2D eigenvalue weighted by Crippen LogP contribution is -2.27. The van der Waals surface area contributed by atoms with Gasteiger partial charge in [0.2, 0.25) is 5.91 Å². The quantitative estimate of drug-likeness (QED) is 0.598. The summed E-state index contributed by atoms with van der Waals surface area (Å²) in [5.74, 6) is -0.315. The number of aromatic nitrogens is 4. The van der Waals surface area contributed by atoms with Crippen molar-refractivity contribution in [3.8, 4) is 0 Å². The normalized spacial score (nSPS) is 11.3. The van der Waals surface area contributed by atoms with Crippen LogP contribution in [0.1, 0.15) is 11.3 Å². The van der Waals surface area contributed by atoms with Crippen LogP contribution in [0.25, 0.3) is 20.4 Å². The number of thiophene rings is 1. The molecule has 4 rings (SSSR count). The number of aryl methyl sites for hydroxylation is 2. The fourth-order valence-corrected chi connectivity index (χ4v) is 4.46. The highest BCUT2D eigenvalue weighted by Gasteiger charge is 2.16. The largest absolute Gasteiger partial charge is 0.300 e. The summed E-state index contributed by atoms with van der Waals surface area (Å²) in [5, 5.41) is 5.84. The van der Waals surface area contributed by atoms with Crippen molar-refractivity contribution >= 4 is 54.1 Å². The van der Waals surface area contributed by atoms with Crippen LogP contribution in [0.2, 0.25) is 0 Å². The van der Waals surface area contributed by atoms with E-state index in [9.17, 15) is 9.59 Å². The topological polar surface area (TPSA) is 89.8 Å². The molecule has 0 fully saturated rings. The molecule has 0 aromatic carbocycles. The minimum absolute atomic E-state index is 0.110. The van der Waals surface area contributed by atoms with Gasteiger partial charge < -0.3 is 5.32 Å². The first-order chi connectivity index (χ1) is 12.0. The van der Waals surface area contributed by atoms with Crippen LogP contribution in [0.3, 0.4) is 0 Å². The van der Waals surface area contributed by atoms with Crippen molar-refractivity contribution in [1.29, 1.82) is 0 Å². The highest BCUT2D eigenvalue weighted by atomic mass is 32.1. The van der Waals surface area contributed by atoms with Gasteiger partial charge in [-0.2, -0.15) is 0 Å². The van der Waals surface area contributed by atoms with Crippen LogP contribution in [0.4, 0.5) is 5.13 Å². The fourth-order valence-electron chi connectivity index (χ4n) is 2.71. The van der Waals surface area contributed by atoms with Crippen LogP contribution >= 0.6 is 22.7 Å². The van der Waals surface area contributed by atoms with Crippen LogP contribution in [0.15, 0.2) is 28.8 Å².